The van der Waals surface area contributed by atoms with Crippen LogP contribution in [0.4, 0.5) is 4.79 Å². The molecule has 22 heavy (non-hydrogen) atoms. The summed E-state index contributed by atoms with van der Waals surface area (Å²) >= 11 is 5.86. The summed E-state index contributed by atoms with van der Waals surface area (Å²) in [5.41, 5.74) is 2.12. The number of nitrogens with zero attached hydrogens (tertiary/aromatic N) is 2. The summed E-state index contributed by atoms with van der Waals surface area (Å²) in [6, 6.07) is 11.5. The minimum Gasteiger partial charge on any atom is -0.226 e. The molecule has 0 aliphatic carbocycles. The molecule has 1 aromatic carbocycles. The Morgan fingerprint density at radius 3 is 2.00 bits per heavy atom. The second kappa shape index (κ2) is 7.76. The quantitative estimate of drug-likeness (QED) is 0.779. The maximum atomic E-state index is 12.2. The van der Waals surface area contributed by atoms with Gasteiger partial charge in [0.2, 0.25) is 0 Å². The molecule has 0 atom stereocenters. The maximum absolute atomic E-state index is 12.2. The molecule has 114 valence electrons. The summed E-state index contributed by atoms with van der Waals surface area (Å²) in [6.07, 6.45) is 7.61. The average molecular weight is 316 g/mol. The Morgan fingerprint density at radius 2 is 1.50 bits per heavy atom. The molecule has 1 aromatic heterocycles. The molecule has 2 rings (SSSR count). The number of hydrogen-bond acceptors (Lipinski definition) is 1. The number of benzene rings is 1. The summed E-state index contributed by atoms with van der Waals surface area (Å²) < 4.78 is 1.60. The number of pyridine rings is 1. The number of rotatable bonds is 4. The molecule has 0 aliphatic rings. The van der Waals surface area contributed by atoms with Gasteiger partial charge in [0.05, 0.1) is 25.5 Å². The highest BCUT2D eigenvalue weighted by Gasteiger charge is 2.20. The van der Waals surface area contributed by atoms with Gasteiger partial charge in [-0.1, -0.05) is 35.9 Å². The third-order valence-corrected chi connectivity index (χ3v) is 3.70. The lowest BCUT2D eigenvalue weighted by Crippen LogP contribution is -2.51. The second-order valence-corrected chi connectivity index (χ2v) is 5.31. The number of halogens is 1. The van der Waals surface area contributed by atoms with Gasteiger partial charge in [0.25, 0.3) is 0 Å². The molecule has 4 heteroatoms. The van der Waals surface area contributed by atoms with E-state index in [9.17, 15) is 4.79 Å². The van der Waals surface area contributed by atoms with Crippen LogP contribution in [0.25, 0.3) is 12.2 Å². The Hall–Kier alpha value is -2.13. The van der Waals surface area contributed by atoms with Gasteiger partial charge in [-0.3, -0.25) is 0 Å². The van der Waals surface area contributed by atoms with Gasteiger partial charge in [0.15, 0.2) is 0 Å². The third kappa shape index (κ3) is 4.18. The van der Waals surface area contributed by atoms with Crippen LogP contribution in [0.1, 0.15) is 25.0 Å². The monoisotopic (exact) mass is 315 g/mol. The smallest absolute Gasteiger partial charge is 0.226 e. The molecule has 2 aromatic rings. The molecular weight excluding hydrogens is 296 g/mol. The molecule has 0 saturated heterocycles. The van der Waals surface area contributed by atoms with E-state index in [1.807, 2.05) is 62.4 Å². The van der Waals surface area contributed by atoms with E-state index >= 15 is 0 Å². The lowest BCUT2D eigenvalue weighted by molar-refractivity contribution is -0.578. The van der Waals surface area contributed by atoms with Crippen molar-refractivity contribution in [2.75, 3.05) is 13.1 Å². The highest BCUT2D eigenvalue weighted by molar-refractivity contribution is 6.30. The molecule has 0 spiro atoms. The van der Waals surface area contributed by atoms with Gasteiger partial charge in [-0.05, 0) is 49.2 Å². The summed E-state index contributed by atoms with van der Waals surface area (Å²) in [5.74, 6) is 0. The van der Waals surface area contributed by atoms with Gasteiger partial charge in [0.1, 0.15) is 0 Å². The Labute approximate surface area is 136 Å². The van der Waals surface area contributed by atoms with Crippen LogP contribution in [0.2, 0.25) is 5.02 Å². The molecule has 0 N–H and O–H groups in total. The Bertz CT molecular complexity index is 644. The van der Waals surface area contributed by atoms with E-state index in [0.717, 1.165) is 16.1 Å². The van der Waals surface area contributed by atoms with E-state index in [4.69, 9.17) is 11.6 Å². The molecule has 0 fully saturated rings. The van der Waals surface area contributed by atoms with Crippen molar-refractivity contribution in [1.82, 2.24) is 4.90 Å². The van der Waals surface area contributed by atoms with Crippen molar-refractivity contribution in [3.63, 3.8) is 0 Å². The highest BCUT2D eigenvalue weighted by Crippen LogP contribution is 2.12. The fourth-order valence-electron chi connectivity index (χ4n) is 2.10. The normalized spacial score (nSPS) is 10.9. The first-order valence-electron chi connectivity index (χ1n) is 7.38. The van der Waals surface area contributed by atoms with Crippen molar-refractivity contribution in [3.8, 4) is 0 Å². The van der Waals surface area contributed by atoms with Gasteiger partial charge >= 0.3 is 6.03 Å². The number of amides is 1. The zero-order valence-corrected chi connectivity index (χ0v) is 13.6. The standard InChI is InChI=1S/C18H20ClN2O/c1-3-20(4-2)18(22)21-13-11-16(12-14-21)6-5-15-7-9-17(19)10-8-15/h5-14H,3-4H2,1-2H3/q+1/b6-5+. The summed E-state index contributed by atoms with van der Waals surface area (Å²) in [4.78, 5) is 14.0. The summed E-state index contributed by atoms with van der Waals surface area (Å²) in [7, 11) is 0. The van der Waals surface area contributed by atoms with E-state index < -0.39 is 0 Å². The Morgan fingerprint density at radius 1 is 1.00 bits per heavy atom. The summed E-state index contributed by atoms with van der Waals surface area (Å²) in [5, 5.41) is 0.729. The minimum absolute atomic E-state index is 0.00164. The fourth-order valence-corrected chi connectivity index (χ4v) is 2.23. The lowest BCUT2D eigenvalue weighted by atomic mass is 10.1. The highest BCUT2D eigenvalue weighted by atomic mass is 35.5. The minimum atomic E-state index is -0.00164. The molecule has 0 unspecified atom stereocenters. The van der Waals surface area contributed by atoms with Gasteiger partial charge in [-0.2, -0.15) is 9.36 Å². The van der Waals surface area contributed by atoms with Crippen LogP contribution >= 0.6 is 11.6 Å². The van der Waals surface area contributed by atoms with Gasteiger partial charge in [0, 0.05) is 5.02 Å². The molecule has 1 heterocycles. The van der Waals surface area contributed by atoms with Crippen molar-refractivity contribution >= 4 is 29.8 Å². The van der Waals surface area contributed by atoms with Crippen LogP contribution in [0, 0.1) is 0 Å². The predicted molar refractivity (Wildman–Crippen MR) is 90.7 cm³/mol. The molecule has 0 bridgehead atoms. The Balaban J connectivity index is 2.08. The molecule has 1 amide bonds. The summed E-state index contributed by atoms with van der Waals surface area (Å²) in [6.45, 7) is 5.37. The molecular formula is C18H20ClN2O+. The Kier molecular flexibility index (Phi) is 5.73. The molecule has 0 saturated carbocycles. The van der Waals surface area contributed by atoms with Crippen LogP contribution in [0.3, 0.4) is 0 Å². The van der Waals surface area contributed by atoms with Crippen LogP contribution in [-0.4, -0.2) is 24.0 Å². The number of hydrogen-bond donors (Lipinski definition) is 0. The van der Waals surface area contributed by atoms with Crippen molar-refractivity contribution in [1.29, 1.82) is 0 Å². The first-order chi connectivity index (χ1) is 10.6. The van der Waals surface area contributed by atoms with Gasteiger partial charge in [-0.25, -0.2) is 4.90 Å². The van der Waals surface area contributed by atoms with Crippen molar-refractivity contribution in [2.45, 2.75) is 13.8 Å². The molecule has 0 aliphatic heterocycles. The van der Waals surface area contributed by atoms with Gasteiger partial charge in [-0.15, -0.1) is 0 Å². The molecule has 3 nitrogen and oxygen atoms in total. The van der Waals surface area contributed by atoms with E-state index in [1.165, 1.54) is 0 Å². The van der Waals surface area contributed by atoms with Crippen LogP contribution in [0.5, 0.6) is 0 Å². The zero-order valence-electron chi connectivity index (χ0n) is 12.9. The SMILES string of the molecule is CCN(CC)C(=O)[n+]1ccc(/C=C/c2ccc(Cl)cc2)cc1. The van der Waals surface area contributed by atoms with Crippen molar-refractivity contribution < 1.29 is 9.36 Å². The number of aromatic nitrogens is 1. The van der Waals surface area contributed by atoms with Crippen LogP contribution < -0.4 is 4.57 Å². The fraction of sp³-hybridized carbons (Fsp3) is 0.222. The number of carbonyl (C=O) groups is 1. The largest absolute Gasteiger partial charge is 0.497 e. The third-order valence-electron chi connectivity index (χ3n) is 3.45. The van der Waals surface area contributed by atoms with E-state index in [1.54, 1.807) is 21.9 Å². The van der Waals surface area contributed by atoms with Crippen molar-refractivity contribution in [2.24, 2.45) is 0 Å². The van der Waals surface area contributed by atoms with Crippen molar-refractivity contribution in [3.05, 3.63) is 64.9 Å². The van der Waals surface area contributed by atoms with E-state index in [0.29, 0.717) is 13.1 Å². The van der Waals surface area contributed by atoms with Gasteiger partial charge < -0.3 is 0 Å². The van der Waals surface area contributed by atoms with E-state index in [-0.39, 0.29) is 6.03 Å². The lowest BCUT2D eigenvalue weighted by Gasteiger charge is -2.10. The first kappa shape index (κ1) is 16.2. The van der Waals surface area contributed by atoms with Crippen LogP contribution in [0.15, 0.2) is 48.8 Å². The van der Waals surface area contributed by atoms with Crippen LogP contribution in [-0.2, 0) is 0 Å². The maximum Gasteiger partial charge on any atom is 0.497 e. The number of carbonyl (C=O) groups excluding carboxylic acids is 1. The first-order valence-corrected chi connectivity index (χ1v) is 7.76. The topological polar surface area (TPSA) is 24.2 Å². The predicted octanol–water partition coefficient (Wildman–Crippen LogP) is 4.11. The second-order valence-electron chi connectivity index (χ2n) is 4.88. The molecule has 0 radical (unpaired) electrons. The zero-order chi connectivity index (χ0) is 15.9. The van der Waals surface area contributed by atoms with E-state index in [2.05, 4.69) is 0 Å². The average Bonchev–Trinajstić information content (AvgIpc) is 2.56.